The van der Waals surface area contributed by atoms with Crippen LogP contribution < -0.4 is 5.32 Å². The summed E-state index contributed by atoms with van der Waals surface area (Å²) in [4.78, 5) is 11.3. The van der Waals surface area contributed by atoms with Crippen molar-refractivity contribution in [3.63, 3.8) is 0 Å². The summed E-state index contributed by atoms with van der Waals surface area (Å²) in [6.45, 7) is 4.30. The minimum Gasteiger partial charge on any atom is -0.362 e. The molecule has 0 aliphatic heterocycles. The number of hydrogen-bond acceptors (Lipinski definition) is 5. The summed E-state index contributed by atoms with van der Waals surface area (Å²) in [6, 6.07) is 0.287. The zero-order valence-electron chi connectivity index (χ0n) is 13.1. The van der Waals surface area contributed by atoms with Crippen LogP contribution in [-0.4, -0.2) is 19.7 Å². The number of anilines is 1. The van der Waals surface area contributed by atoms with E-state index in [9.17, 15) is 0 Å². The van der Waals surface area contributed by atoms with Crippen LogP contribution >= 0.6 is 11.3 Å². The summed E-state index contributed by atoms with van der Waals surface area (Å²) in [5.41, 5.74) is 3.93. The molecule has 3 aromatic heterocycles. The van der Waals surface area contributed by atoms with E-state index >= 15 is 0 Å². The second-order valence-corrected chi connectivity index (χ2v) is 7.15. The van der Waals surface area contributed by atoms with Crippen LogP contribution in [0.2, 0.25) is 0 Å². The largest absolute Gasteiger partial charge is 0.362 e. The fraction of sp³-hybridized carbons (Fsp3) is 0.438. The van der Waals surface area contributed by atoms with Gasteiger partial charge in [-0.2, -0.15) is 5.10 Å². The lowest BCUT2D eigenvalue weighted by atomic mass is 9.93. The number of aromatic nitrogens is 4. The van der Waals surface area contributed by atoms with E-state index in [0.29, 0.717) is 0 Å². The van der Waals surface area contributed by atoms with Crippen molar-refractivity contribution in [2.24, 2.45) is 7.05 Å². The molecule has 3 aromatic rings. The Kier molecular flexibility index (Phi) is 3.14. The van der Waals surface area contributed by atoms with Crippen LogP contribution in [0.1, 0.15) is 40.6 Å². The van der Waals surface area contributed by atoms with Gasteiger partial charge < -0.3 is 5.32 Å². The molecule has 0 bridgehead atoms. The second-order valence-electron chi connectivity index (χ2n) is 5.95. The van der Waals surface area contributed by atoms with Gasteiger partial charge in [-0.25, -0.2) is 9.97 Å². The first-order chi connectivity index (χ1) is 10.6. The zero-order chi connectivity index (χ0) is 15.3. The Morgan fingerprint density at radius 2 is 2.18 bits per heavy atom. The van der Waals surface area contributed by atoms with Gasteiger partial charge in [-0.05, 0) is 38.7 Å². The Morgan fingerprint density at radius 1 is 1.32 bits per heavy atom. The Labute approximate surface area is 133 Å². The number of nitrogens with one attached hydrogen (secondary N) is 1. The fourth-order valence-corrected chi connectivity index (χ4v) is 4.31. The van der Waals surface area contributed by atoms with Crippen molar-refractivity contribution in [3.05, 3.63) is 34.2 Å². The van der Waals surface area contributed by atoms with Gasteiger partial charge in [0.15, 0.2) is 0 Å². The smallest absolute Gasteiger partial charge is 0.138 e. The van der Waals surface area contributed by atoms with E-state index in [-0.39, 0.29) is 6.04 Å². The molecular weight excluding hydrogens is 294 g/mol. The molecule has 0 unspecified atom stereocenters. The fourth-order valence-electron chi connectivity index (χ4n) is 3.31. The predicted octanol–water partition coefficient (Wildman–Crippen LogP) is 3.53. The van der Waals surface area contributed by atoms with Gasteiger partial charge in [0.25, 0.3) is 0 Å². The summed E-state index contributed by atoms with van der Waals surface area (Å²) < 4.78 is 2.00. The molecule has 1 atom stereocenters. The molecule has 0 radical (unpaired) electrons. The Balaban J connectivity index is 1.76. The van der Waals surface area contributed by atoms with E-state index in [0.717, 1.165) is 23.5 Å². The molecule has 1 N–H and O–H groups in total. The van der Waals surface area contributed by atoms with Crippen LogP contribution in [-0.2, 0) is 13.5 Å². The summed E-state index contributed by atoms with van der Waals surface area (Å²) in [5.74, 6) is 0.952. The lowest BCUT2D eigenvalue weighted by Crippen LogP contribution is -2.18. The molecule has 0 saturated carbocycles. The minimum atomic E-state index is 0.287. The molecule has 6 heteroatoms. The quantitative estimate of drug-likeness (QED) is 0.786. The van der Waals surface area contributed by atoms with Crippen molar-refractivity contribution in [1.82, 2.24) is 19.7 Å². The van der Waals surface area contributed by atoms with Gasteiger partial charge in [-0.1, -0.05) is 0 Å². The molecule has 5 nitrogen and oxygen atoms in total. The van der Waals surface area contributed by atoms with E-state index in [1.54, 1.807) is 17.7 Å². The first-order valence-corrected chi connectivity index (χ1v) is 8.45. The number of thiophene rings is 1. The average Bonchev–Trinajstić information content (AvgIpc) is 3.02. The van der Waals surface area contributed by atoms with Crippen LogP contribution in [0.4, 0.5) is 5.82 Å². The molecule has 4 rings (SSSR count). The Hall–Kier alpha value is -1.95. The van der Waals surface area contributed by atoms with Crippen molar-refractivity contribution in [3.8, 4) is 0 Å². The van der Waals surface area contributed by atoms with Gasteiger partial charge >= 0.3 is 0 Å². The highest BCUT2D eigenvalue weighted by Gasteiger charge is 2.24. The monoisotopic (exact) mass is 313 g/mol. The molecule has 22 heavy (non-hydrogen) atoms. The molecule has 0 spiro atoms. The minimum absolute atomic E-state index is 0.287. The first-order valence-electron chi connectivity index (χ1n) is 7.63. The maximum absolute atomic E-state index is 4.51. The lowest BCUT2D eigenvalue weighted by molar-refractivity contribution is 0.570. The zero-order valence-corrected chi connectivity index (χ0v) is 13.9. The Morgan fingerprint density at radius 3 is 3.05 bits per heavy atom. The van der Waals surface area contributed by atoms with E-state index in [1.807, 2.05) is 17.9 Å². The molecule has 0 amide bonds. The van der Waals surface area contributed by atoms with E-state index < -0.39 is 0 Å². The van der Waals surface area contributed by atoms with E-state index in [4.69, 9.17) is 0 Å². The lowest BCUT2D eigenvalue weighted by Gasteiger charge is -2.24. The maximum Gasteiger partial charge on any atom is 0.138 e. The van der Waals surface area contributed by atoms with Gasteiger partial charge in [0, 0.05) is 23.2 Å². The summed E-state index contributed by atoms with van der Waals surface area (Å²) in [7, 11) is 2.02. The molecule has 0 fully saturated rings. The van der Waals surface area contributed by atoms with E-state index in [1.165, 1.54) is 33.5 Å². The van der Waals surface area contributed by atoms with Gasteiger partial charge in [0.2, 0.25) is 0 Å². The topological polar surface area (TPSA) is 55.6 Å². The molecule has 0 aromatic carbocycles. The average molecular weight is 313 g/mol. The summed E-state index contributed by atoms with van der Waals surface area (Å²) in [5, 5.41) is 9.24. The number of hydrogen-bond donors (Lipinski definition) is 1. The maximum atomic E-state index is 4.51. The SMILES string of the molecule is Cc1sc2ncnc(N[C@@H]3CCCc4c3cnn4C)c2c1C. The summed E-state index contributed by atoms with van der Waals surface area (Å²) >= 11 is 1.74. The standard InChI is InChI=1S/C16H19N5S/c1-9-10(2)22-16-14(9)15(17-8-18-16)20-12-5-4-6-13-11(12)7-19-21(13)3/h7-8,12H,4-6H2,1-3H3,(H,17,18,20)/t12-/m1/s1. The van der Waals surface area contributed by atoms with Gasteiger partial charge in [0.05, 0.1) is 17.6 Å². The molecule has 1 aliphatic rings. The highest BCUT2D eigenvalue weighted by atomic mass is 32.1. The predicted molar refractivity (Wildman–Crippen MR) is 89.4 cm³/mol. The molecule has 0 saturated heterocycles. The third-order valence-corrected chi connectivity index (χ3v) is 5.77. The normalized spacial score (nSPS) is 17.7. The Bertz CT molecular complexity index is 848. The number of rotatable bonds is 2. The molecule has 1 aliphatic carbocycles. The van der Waals surface area contributed by atoms with Crippen LogP contribution in [0.3, 0.4) is 0 Å². The van der Waals surface area contributed by atoms with Crippen LogP contribution in [0, 0.1) is 13.8 Å². The van der Waals surface area contributed by atoms with Crippen molar-refractivity contribution in [2.75, 3.05) is 5.32 Å². The summed E-state index contributed by atoms with van der Waals surface area (Å²) in [6.07, 6.45) is 7.06. The van der Waals surface area contributed by atoms with Crippen molar-refractivity contribution in [2.45, 2.75) is 39.2 Å². The molecule has 3 heterocycles. The van der Waals surface area contributed by atoms with Gasteiger partial charge in [-0.3, -0.25) is 4.68 Å². The van der Waals surface area contributed by atoms with Crippen molar-refractivity contribution < 1.29 is 0 Å². The van der Waals surface area contributed by atoms with Crippen LogP contribution in [0.15, 0.2) is 12.5 Å². The third kappa shape index (κ3) is 2.01. The number of aryl methyl sites for hydroxylation is 3. The third-order valence-electron chi connectivity index (χ3n) is 4.65. The van der Waals surface area contributed by atoms with Crippen molar-refractivity contribution in [1.29, 1.82) is 0 Å². The highest BCUT2D eigenvalue weighted by molar-refractivity contribution is 7.18. The molecular formula is C16H19N5S. The van der Waals surface area contributed by atoms with Crippen molar-refractivity contribution >= 4 is 27.4 Å². The van der Waals surface area contributed by atoms with Gasteiger partial charge in [0.1, 0.15) is 17.0 Å². The molecule has 114 valence electrons. The van der Waals surface area contributed by atoms with Gasteiger partial charge in [-0.15, -0.1) is 11.3 Å². The number of fused-ring (bicyclic) bond motifs is 2. The van der Waals surface area contributed by atoms with Crippen LogP contribution in [0.5, 0.6) is 0 Å². The first kappa shape index (κ1) is 13.7. The van der Waals surface area contributed by atoms with Crippen LogP contribution in [0.25, 0.3) is 10.2 Å². The van der Waals surface area contributed by atoms with E-state index in [2.05, 4.69) is 34.2 Å². The highest BCUT2D eigenvalue weighted by Crippen LogP contribution is 2.36. The second kappa shape index (κ2) is 5.05. The number of nitrogens with zero attached hydrogens (tertiary/aromatic N) is 4.